The minimum absolute atomic E-state index is 0.0644. The quantitative estimate of drug-likeness (QED) is 0.819. The van der Waals surface area contributed by atoms with E-state index in [2.05, 4.69) is 10.6 Å². The van der Waals surface area contributed by atoms with Gasteiger partial charge >= 0.3 is 5.97 Å². The van der Waals surface area contributed by atoms with Gasteiger partial charge in [0.25, 0.3) is 0 Å². The van der Waals surface area contributed by atoms with Gasteiger partial charge in [0.05, 0.1) is 17.7 Å². The molecule has 2 N–H and O–H groups in total. The maximum atomic E-state index is 12.5. The molecule has 1 aliphatic heterocycles. The molecule has 6 heteroatoms. The van der Waals surface area contributed by atoms with Gasteiger partial charge in [-0.3, -0.25) is 4.79 Å². The number of amides is 1. The molecule has 1 aromatic heterocycles. The Balaban J connectivity index is 2.12. The maximum absolute atomic E-state index is 12.5. The highest BCUT2D eigenvalue weighted by Gasteiger charge is 2.39. The van der Waals surface area contributed by atoms with E-state index in [4.69, 9.17) is 4.74 Å². The lowest BCUT2D eigenvalue weighted by atomic mass is 9.93. The van der Waals surface area contributed by atoms with Gasteiger partial charge in [-0.2, -0.15) is 0 Å². The third-order valence-electron chi connectivity index (χ3n) is 3.67. The first-order valence-electron chi connectivity index (χ1n) is 6.94. The zero-order valence-corrected chi connectivity index (χ0v) is 12.6. The Labute approximate surface area is 122 Å². The predicted molar refractivity (Wildman–Crippen MR) is 79.2 cm³/mol. The summed E-state index contributed by atoms with van der Waals surface area (Å²) in [5.41, 5.74) is -0.0786. The monoisotopic (exact) mass is 296 g/mol. The fourth-order valence-electron chi connectivity index (χ4n) is 2.46. The van der Waals surface area contributed by atoms with E-state index in [9.17, 15) is 9.59 Å². The zero-order chi connectivity index (χ0) is 14.6. The Morgan fingerprint density at radius 3 is 2.90 bits per heavy atom. The predicted octanol–water partition coefficient (Wildman–Crippen LogP) is 2.40. The highest BCUT2D eigenvalue weighted by Crippen LogP contribution is 2.29. The van der Waals surface area contributed by atoms with Crippen LogP contribution in [-0.2, 0) is 9.53 Å². The molecule has 1 fully saturated rings. The molecule has 0 saturated carbocycles. The van der Waals surface area contributed by atoms with Gasteiger partial charge in [0, 0.05) is 0 Å². The molecule has 2 heterocycles. The van der Waals surface area contributed by atoms with Crippen molar-refractivity contribution in [1.82, 2.24) is 5.32 Å². The van der Waals surface area contributed by atoms with Crippen molar-refractivity contribution < 1.29 is 14.3 Å². The second-order valence-electron chi connectivity index (χ2n) is 4.80. The van der Waals surface area contributed by atoms with Crippen molar-refractivity contribution in [3.63, 3.8) is 0 Å². The summed E-state index contributed by atoms with van der Waals surface area (Å²) in [6.45, 7) is 4.94. The second-order valence-corrected chi connectivity index (χ2v) is 5.72. The van der Waals surface area contributed by atoms with Gasteiger partial charge in [-0.1, -0.05) is 6.92 Å². The molecule has 0 spiro atoms. The standard InChI is InChI=1S/C14H20N2O3S/c1-3-14(7-5-8-15-14)13(18)16-11-10(6-9-20-11)12(17)19-4-2/h6,9,15H,3-5,7-8H2,1-2H3,(H,16,18). The first-order valence-corrected chi connectivity index (χ1v) is 7.82. The molecule has 0 radical (unpaired) electrons. The summed E-state index contributed by atoms with van der Waals surface area (Å²) in [5, 5.41) is 8.51. The van der Waals surface area contributed by atoms with Gasteiger partial charge in [-0.25, -0.2) is 4.79 Å². The molecule has 1 amide bonds. The zero-order valence-electron chi connectivity index (χ0n) is 11.8. The van der Waals surface area contributed by atoms with Crippen molar-refractivity contribution in [2.24, 2.45) is 0 Å². The maximum Gasteiger partial charge on any atom is 0.341 e. The first-order chi connectivity index (χ1) is 9.63. The van der Waals surface area contributed by atoms with Crippen LogP contribution in [-0.4, -0.2) is 30.6 Å². The minimum Gasteiger partial charge on any atom is -0.462 e. The van der Waals surface area contributed by atoms with Crippen molar-refractivity contribution in [2.75, 3.05) is 18.5 Å². The molecular formula is C14H20N2O3S. The number of anilines is 1. The minimum atomic E-state index is -0.504. The number of hydrogen-bond acceptors (Lipinski definition) is 5. The summed E-state index contributed by atoms with van der Waals surface area (Å²) >= 11 is 1.34. The third kappa shape index (κ3) is 2.86. The van der Waals surface area contributed by atoms with Crippen LogP contribution >= 0.6 is 11.3 Å². The van der Waals surface area contributed by atoms with Gasteiger partial charge in [-0.05, 0) is 44.2 Å². The number of hydrogen-bond donors (Lipinski definition) is 2. The number of rotatable bonds is 5. The van der Waals surface area contributed by atoms with Crippen LogP contribution in [0.4, 0.5) is 5.00 Å². The molecule has 0 bridgehead atoms. The van der Waals surface area contributed by atoms with Crippen LogP contribution in [0.2, 0.25) is 0 Å². The molecule has 1 atom stereocenters. The van der Waals surface area contributed by atoms with E-state index in [1.165, 1.54) is 11.3 Å². The van der Waals surface area contributed by atoms with Crippen molar-refractivity contribution in [2.45, 2.75) is 38.6 Å². The normalized spacial score (nSPS) is 21.7. The van der Waals surface area contributed by atoms with Gasteiger partial charge < -0.3 is 15.4 Å². The number of carbonyl (C=O) groups excluding carboxylic acids is 2. The fraction of sp³-hybridized carbons (Fsp3) is 0.571. The Bertz CT molecular complexity index is 492. The van der Waals surface area contributed by atoms with Crippen molar-refractivity contribution >= 4 is 28.2 Å². The highest BCUT2D eigenvalue weighted by atomic mass is 32.1. The largest absolute Gasteiger partial charge is 0.462 e. The van der Waals surface area contributed by atoms with E-state index >= 15 is 0 Å². The average molecular weight is 296 g/mol. The molecular weight excluding hydrogens is 276 g/mol. The molecule has 1 aromatic rings. The lowest BCUT2D eigenvalue weighted by Gasteiger charge is -2.26. The smallest absolute Gasteiger partial charge is 0.341 e. The highest BCUT2D eigenvalue weighted by molar-refractivity contribution is 7.14. The number of ether oxygens (including phenoxy) is 1. The first kappa shape index (κ1) is 15.0. The fourth-order valence-corrected chi connectivity index (χ4v) is 3.23. The summed E-state index contributed by atoms with van der Waals surface area (Å²) in [4.78, 5) is 24.3. The van der Waals surface area contributed by atoms with Crippen LogP contribution in [0, 0.1) is 0 Å². The summed E-state index contributed by atoms with van der Waals surface area (Å²) < 4.78 is 4.99. The third-order valence-corrected chi connectivity index (χ3v) is 4.50. The van der Waals surface area contributed by atoms with Gasteiger partial charge in [0.1, 0.15) is 5.00 Å². The lowest BCUT2D eigenvalue weighted by molar-refractivity contribution is -0.122. The van der Waals surface area contributed by atoms with Crippen LogP contribution in [0.5, 0.6) is 0 Å². The lowest BCUT2D eigenvalue weighted by Crippen LogP contribution is -2.50. The van der Waals surface area contributed by atoms with E-state index < -0.39 is 11.5 Å². The summed E-state index contributed by atoms with van der Waals surface area (Å²) in [6.07, 6.45) is 2.56. The van der Waals surface area contributed by atoms with Crippen molar-refractivity contribution in [3.05, 3.63) is 17.0 Å². The number of carbonyl (C=O) groups is 2. The average Bonchev–Trinajstić information content (AvgIpc) is 3.08. The van der Waals surface area contributed by atoms with Gasteiger partial charge in [0.15, 0.2) is 0 Å². The summed E-state index contributed by atoms with van der Waals surface area (Å²) in [7, 11) is 0. The molecule has 20 heavy (non-hydrogen) atoms. The number of nitrogens with one attached hydrogen (secondary N) is 2. The Morgan fingerprint density at radius 2 is 2.30 bits per heavy atom. The van der Waals surface area contributed by atoms with Crippen LogP contribution < -0.4 is 10.6 Å². The van der Waals surface area contributed by atoms with Gasteiger partial charge in [0.2, 0.25) is 5.91 Å². The molecule has 1 aliphatic rings. The van der Waals surface area contributed by atoms with Gasteiger partial charge in [-0.15, -0.1) is 11.3 Å². The van der Waals surface area contributed by atoms with E-state index in [-0.39, 0.29) is 5.91 Å². The van der Waals surface area contributed by atoms with E-state index in [1.54, 1.807) is 18.4 Å². The molecule has 0 aromatic carbocycles. The van der Waals surface area contributed by atoms with E-state index in [0.29, 0.717) is 17.2 Å². The SMILES string of the molecule is CCOC(=O)c1ccsc1NC(=O)C1(CC)CCCN1. The van der Waals surface area contributed by atoms with Crippen molar-refractivity contribution in [3.8, 4) is 0 Å². The van der Waals surface area contributed by atoms with E-state index in [1.807, 2.05) is 6.92 Å². The summed E-state index contributed by atoms with van der Waals surface area (Å²) in [6, 6.07) is 1.68. The molecule has 2 rings (SSSR count). The number of esters is 1. The van der Waals surface area contributed by atoms with Crippen LogP contribution in [0.25, 0.3) is 0 Å². The summed E-state index contributed by atoms with van der Waals surface area (Å²) in [5.74, 6) is -0.459. The molecule has 5 nitrogen and oxygen atoms in total. The molecule has 1 unspecified atom stereocenters. The Morgan fingerprint density at radius 1 is 1.50 bits per heavy atom. The second kappa shape index (κ2) is 6.37. The molecule has 0 aliphatic carbocycles. The van der Waals surface area contributed by atoms with E-state index in [0.717, 1.165) is 25.8 Å². The molecule has 110 valence electrons. The van der Waals surface area contributed by atoms with Crippen LogP contribution in [0.1, 0.15) is 43.5 Å². The Hall–Kier alpha value is -1.40. The molecule has 1 saturated heterocycles. The van der Waals surface area contributed by atoms with Crippen LogP contribution in [0.15, 0.2) is 11.4 Å². The van der Waals surface area contributed by atoms with Crippen LogP contribution in [0.3, 0.4) is 0 Å². The Kier molecular flexibility index (Phi) is 4.77. The number of thiophene rings is 1. The van der Waals surface area contributed by atoms with Crippen molar-refractivity contribution in [1.29, 1.82) is 0 Å². The topological polar surface area (TPSA) is 67.4 Å².